The molecule has 0 spiro atoms. The molecule has 3 heteroatoms. The van der Waals surface area contributed by atoms with E-state index in [2.05, 4.69) is 0 Å². The maximum absolute atomic E-state index is 12.2. The Kier molecular flexibility index (Phi) is 3.65. The van der Waals surface area contributed by atoms with Crippen molar-refractivity contribution in [3.63, 3.8) is 0 Å². The van der Waals surface area contributed by atoms with Crippen LogP contribution in [-0.2, 0) is 10.2 Å². The zero-order valence-corrected chi connectivity index (χ0v) is 11.6. The van der Waals surface area contributed by atoms with Crippen LogP contribution in [0.1, 0.15) is 50.5 Å². The smallest absolute Gasteiger partial charge is 0.313 e. The summed E-state index contributed by atoms with van der Waals surface area (Å²) in [6.45, 7) is 8.82. The summed E-state index contributed by atoms with van der Waals surface area (Å²) in [7, 11) is 0. The van der Waals surface area contributed by atoms with Crippen LogP contribution < -0.4 is 0 Å². The van der Waals surface area contributed by atoms with Crippen molar-refractivity contribution in [3.8, 4) is 0 Å². The number of benzene rings is 1. The highest BCUT2D eigenvalue weighted by molar-refractivity contribution is 6.00. The van der Waals surface area contributed by atoms with E-state index in [-0.39, 0.29) is 5.78 Å². The van der Waals surface area contributed by atoms with Gasteiger partial charge in [-0.25, -0.2) is 0 Å². The zero-order chi connectivity index (χ0) is 14.1. The Hall–Kier alpha value is -1.64. The van der Waals surface area contributed by atoms with Crippen LogP contribution in [0.3, 0.4) is 0 Å². The number of hydrogen-bond donors (Lipinski definition) is 1. The molecule has 3 nitrogen and oxygen atoms in total. The molecule has 0 fully saturated rings. The van der Waals surface area contributed by atoms with Crippen LogP contribution in [0.15, 0.2) is 24.3 Å². The van der Waals surface area contributed by atoms with Crippen molar-refractivity contribution >= 4 is 11.8 Å². The Morgan fingerprint density at radius 1 is 1.06 bits per heavy atom. The van der Waals surface area contributed by atoms with Crippen molar-refractivity contribution in [3.05, 3.63) is 35.4 Å². The maximum Gasteiger partial charge on any atom is 0.313 e. The molecule has 1 N–H and O–H groups in total. The van der Waals surface area contributed by atoms with E-state index >= 15 is 0 Å². The van der Waals surface area contributed by atoms with Crippen LogP contribution in [0.4, 0.5) is 0 Å². The van der Waals surface area contributed by atoms with Gasteiger partial charge in [-0.2, -0.15) is 0 Å². The molecule has 0 amide bonds. The number of carboxylic acids is 1. The van der Waals surface area contributed by atoms with E-state index in [0.717, 1.165) is 0 Å². The van der Waals surface area contributed by atoms with E-state index in [1.165, 1.54) is 0 Å². The van der Waals surface area contributed by atoms with Gasteiger partial charge in [0.25, 0.3) is 0 Å². The Morgan fingerprint density at radius 3 is 2.06 bits per heavy atom. The summed E-state index contributed by atoms with van der Waals surface area (Å²) >= 11 is 0. The Balaban J connectivity index is 3.23. The number of rotatable bonds is 3. The van der Waals surface area contributed by atoms with Crippen LogP contribution in [0.25, 0.3) is 0 Å². The van der Waals surface area contributed by atoms with Crippen molar-refractivity contribution in [1.82, 2.24) is 0 Å². The van der Waals surface area contributed by atoms with Gasteiger partial charge in [0.15, 0.2) is 5.78 Å². The molecule has 1 aromatic rings. The van der Waals surface area contributed by atoms with Crippen LogP contribution in [0.5, 0.6) is 0 Å². The molecular formula is C15H20O3. The number of aliphatic carboxylic acids is 1. The van der Waals surface area contributed by atoms with Crippen molar-refractivity contribution in [2.45, 2.75) is 40.0 Å². The van der Waals surface area contributed by atoms with Gasteiger partial charge >= 0.3 is 5.97 Å². The van der Waals surface area contributed by atoms with Gasteiger partial charge < -0.3 is 5.11 Å². The Labute approximate surface area is 108 Å². The van der Waals surface area contributed by atoms with Gasteiger partial charge in [0, 0.05) is 11.0 Å². The minimum absolute atomic E-state index is 0.0190. The fourth-order valence-electron chi connectivity index (χ4n) is 1.61. The molecule has 0 aliphatic rings. The number of carbonyl (C=O) groups is 2. The highest BCUT2D eigenvalue weighted by Gasteiger charge is 2.31. The first-order chi connectivity index (χ1) is 8.06. The van der Waals surface area contributed by atoms with E-state index < -0.39 is 16.8 Å². The molecule has 0 saturated carbocycles. The van der Waals surface area contributed by atoms with Crippen LogP contribution in [-0.4, -0.2) is 16.9 Å². The molecule has 0 aliphatic carbocycles. The summed E-state index contributed by atoms with van der Waals surface area (Å²) in [4.78, 5) is 23.4. The Bertz CT molecular complexity index is 479. The van der Waals surface area contributed by atoms with E-state index in [1.54, 1.807) is 38.1 Å². The maximum atomic E-state index is 12.2. The summed E-state index contributed by atoms with van der Waals surface area (Å²) in [5, 5.41) is 9.20. The van der Waals surface area contributed by atoms with Gasteiger partial charge in [0.2, 0.25) is 0 Å². The van der Waals surface area contributed by atoms with Crippen molar-refractivity contribution in [2.75, 3.05) is 0 Å². The minimum atomic E-state index is -0.992. The minimum Gasteiger partial charge on any atom is -0.481 e. The van der Waals surface area contributed by atoms with E-state index in [1.807, 2.05) is 20.8 Å². The highest BCUT2D eigenvalue weighted by Crippen LogP contribution is 2.27. The third kappa shape index (κ3) is 2.78. The predicted molar refractivity (Wildman–Crippen MR) is 70.9 cm³/mol. The first-order valence-corrected chi connectivity index (χ1v) is 5.95. The van der Waals surface area contributed by atoms with Gasteiger partial charge in [0.05, 0.1) is 5.41 Å². The van der Waals surface area contributed by atoms with Gasteiger partial charge in [-0.3, -0.25) is 9.59 Å². The third-order valence-electron chi connectivity index (χ3n) is 3.06. The molecule has 0 atom stereocenters. The first kappa shape index (κ1) is 14.4. The quantitative estimate of drug-likeness (QED) is 0.835. The number of carbonyl (C=O) groups excluding carboxylic acids is 1. The summed E-state index contributed by atoms with van der Waals surface area (Å²) in [5.74, 6) is -0.881. The van der Waals surface area contributed by atoms with Gasteiger partial charge in [-0.1, -0.05) is 39.0 Å². The van der Waals surface area contributed by atoms with Crippen molar-refractivity contribution in [2.24, 2.45) is 5.41 Å². The fourth-order valence-corrected chi connectivity index (χ4v) is 1.61. The molecule has 0 unspecified atom stereocenters. The molecule has 0 aliphatic heterocycles. The monoisotopic (exact) mass is 248 g/mol. The molecule has 0 bridgehead atoms. The number of hydrogen-bond acceptors (Lipinski definition) is 2. The second-order valence-corrected chi connectivity index (χ2v) is 6.09. The first-order valence-electron chi connectivity index (χ1n) is 5.95. The largest absolute Gasteiger partial charge is 0.481 e. The summed E-state index contributed by atoms with van der Waals surface area (Å²) < 4.78 is 0. The SMILES string of the molecule is CC(C)(C)C(=O)c1cccc(C(C)(C)C(=O)O)c1. The molecule has 1 rings (SSSR count). The second kappa shape index (κ2) is 4.56. The molecule has 0 aromatic heterocycles. The topological polar surface area (TPSA) is 54.4 Å². The van der Waals surface area contributed by atoms with Crippen LogP contribution >= 0.6 is 0 Å². The average Bonchev–Trinajstić information content (AvgIpc) is 2.26. The van der Waals surface area contributed by atoms with Crippen LogP contribution in [0, 0.1) is 5.41 Å². The molecular weight excluding hydrogens is 228 g/mol. The number of Topliss-reactive ketones (excluding diaryl/α,β-unsaturated/α-hetero) is 1. The number of carboxylic acid groups (broad SMARTS) is 1. The third-order valence-corrected chi connectivity index (χ3v) is 3.06. The van der Waals surface area contributed by atoms with Gasteiger partial charge in [0.1, 0.15) is 0 Å². The molecule has 18 heavy (non-hydrogen) atoms. The highest BCUT2D eigenvalue weighted by atomic mass is 16.4. The normalized spacial score (nSPS) is 12.3. The standard InChI is InChI=1S/C15H20O3/c1-14(2,3)12(16)10-7-6-8-11(9-10)15(4,5)13(17)18/h6-9H,1-5H3,(H,17,18). The predicted octanol–water partition coefficient (Wildman–Crippen LogP) is 3.28. The van der Waals surface area contributed by atoms with Crippen LogP contribution in [0.2, 0.25) is 0 Å². The number of ketones is 1. The summed E-state index contributed by atoms with van der Waals surface area (Å²) in [5.41, 5.74) is -0.250. The summed E-state index contributed by atoms with van der Waals surface area (Å²) in [6, 6.07) is 6.89. The molecule has 0 heterocycles. The van der Waals surface area contributed by atoms with E-state index in [4.69, 9.17) is 0 Å². The second-order valence-electron chi connectivity index (χ2n) is 6.09. The van der Waals surface area contributed by atoms with E-state index in [9.17, 15) is 14.7 Å². The molecule has 1 aromatic carbocycles. The lowest BCUT2D eigenvalue weighted by Crippen LogP contribution is -2.29. The van der Waals surface area contributed by atoms with Gasteiger partial charge in [-0.15, -0.1) is 0 Å². The van der Waals surface area contributed by atoms with Gasteiger partial charge in [-0.05, 0) is 25.5 Å². The lowest BCUT2D eigenvalue weighted by atomic mass is 9.81. The van der Waals surface area contributed by atoms with E-state index in [0.29, 0.717) is 11.1 Å². The van der Waals surface area contributed by atoms with Crippen molar-refractivity contribution in [1.29, 1.82) is 0 Å². The van der Waals surface area contributed by atoms with Crippen molar-refractivity contribution < 1.29 is 14.7 Å². The molecule has 0 saturated heterocycles. The lowest BCUT2D eigenvalue weighted by Gasteiger charge is -2.22. The average molecular weight is 248 g/mol. The Morgan fingerprint density at radius 2 is 1.61 bits per heavy atom. The lowest BCUT2D eigenvalue weighted by molar-refractivity contribution is -0.142. The zero-order valence-electron chi connectivity index (χ0n) is 11.6. The molecule has 0 radical (unpaired) electrons. The molecule has 98 valence electrons. The fraction of sp³-hybridized carbons (Fsp3) is 0.467. The summed E-state index contributed by atoms with van der Waals surface area (Å²) in [6.07, 6.45) is 0.